The van der Waals surface area contributed by atoms with E-state index in [9.17, 15) is 20.4 Å². The van der Waals surface area contributed by atoms with E-state index in [0.29, 0.717) is 34.9 Å². The Morgan fingerprint density at radius 1 is 1.14 bits per heavy atom. The molecule has 4 fully saturated rings. The molecule has 1 N–H and O–H groups in total. The molecular weight excluding hydrogens is 436 g/mol. The third-order valence-electron chi connectivity index (χ3n) is 10.8. The van der Waals surface area contributed by atoms with Crippen LogP contribution in [0.1, 0.15) is 89.9 Å². The van der Waals surface area contributed by atoms with Gasteiger partial charge in [0, 0.05) is 11.6 Å². The van der Waals surface area contributed by atoms with Crippen LogP contribution in [0.2, 0.25) is 0 Å². The Morgan fingerprint density at radius 3 is 2.60 bits per heavy atom. The average Bonchev–Trinajstić information content (AvgIpc) is 3.38. The zero-order valence-electron chi connectivity index (χ0n) is 21.3. The lowest BCUT2D eigenvalue weighted by Crippen LogP contribution is -2.51. The second-order valence-electron chi connectivity index (χ2n) is 12.5. The van der Waals surface area contributed by atoms with Gasteiger partial charge >= 0.3 is 0 Å². The van der Waals surface area contributed by atoms with Gasteiger partial charge in [-0.1, -0.05) is 20.3 Å². The molecule has 4 saturated carbocycles. The van der Waals surface area contributed by atoms with E-state index in [0.717, 1.165) is 50.4 Å². The highest BCUT2D eigenvalue weighted by Gasteiger charge is 2.61. The van der Waals surface area contributed by atoms with E-state index in [1.54, 1.807) is 0 Å². The predicted octanol–water partition coefficient (Wildman–Crippen LogP) is 5.04. The molecule has 0 radical (unpaired) electrons. The van der Waals surface area contributed by atoms with Crippen LogP contribution in [0, 0.1) is 69.5 Å². The molecule has 0 unspecified atom stereocenters. The minimum Gasteiger partial charge on any atom is -0.390 e. The second kappa shape index (κ2) is 8.92. The number of allylic oxidation sites excluding steroid dienone is 1. The summed E-state index contributed by atoms with van der Waals surface area (Å²) in [5.41, 5.74) is 0.789. The molecule has 0 aliphatic heterocycles. The molecule has 4 aliphatic carbocycles. The van der Waals surface area contributed by atoms with E-state index in [4.69, 9.17) is 0 Å². The summed E-state index contributed by atoms with van der Waals surface area (Å²) in [6, 6.07) is 5.61. The summed E-state index contributed by atoms with van der Waals surface area (Å²) in [7, 11) is 0. The zero-order chi connectivity index (χ0) is 25.0. The summed E-state index contributed by atoms with van der Waals surface area (Å²) in [6.07, 6.45) is 9.96. The van der Waals surface area contributed by atoms with Gasteiger partial charge in [-0.15, -0.1) is 0 Å². The molecule has 0 amide bonds. The molecule has 186 valence electrons. The molecule has 35 heavy (non-hydrogen) atoms. The highest BCUT2D eigenvalue weighted by Crippen LogP contribution is 2.67. The van der Waals surface area contributed by atoms with Gasteiger partial charge < -0.3 is 5.11 Å². The van der Waals surface area contributed by atoms with Crippen molar-refractivity contribution in [1.82, 2.24) is 9.78 Å². The molecule has 1 heterocycles. The van der Waals surface area contributed by atoms with Crippen LogP contribution in [0.15, 0.2) is 11.6 Å². The van der Waals surface area contributed by atoms with Crippen LogP contribution in [0.3, 0.4) is 0 Å². The van der Waals surface area contributed by atoms with Crippen molar-refractivity contribution < 1.29 is 9.90 Å². The first-order valence-corrected chi connectivity index (χ1v) is 13.6. The molecule has 0 spiro atoms. The maximum absolute atomic E-state index is 12.3. The first kappa shape index (κ1) is 24.3. The summed E-state index contributed by atoms with van der Waals surface area (Å²) in [6.45, 7) is 6.97. The lowest BCUT2D eigenvalue weighted by molar-refractivity contribution is -0.104. The van der Waals surface area contributed by atoms with Gasteiger partial charge in [-0.25, -0.2) is 9.48 Å². The molecule has 6 nitrogen and oxygen atoms in total. The van der Waals surface area contributed by atoms with Crippen LogP contribution in [-0.2, 0) is 11.3 Å². The molecule has 0 bridgehead atoms. The third-order valence-corrected chi connectivity index (χ3v) is 10.8. The highest BCUT2D eigenvalue weighted by atomic mass is 16.3. The smallest absolute Gasteiger partial charge is 0.163 e. The van der Waals surface area contributed by atoms with Crippen molar-refractivity contribution in [3.63, 3.8) is 0 Å². The van der Waals surface area contributed by atoms with Crippen LogP contribution in [-0.4, -0.2) is 26.4 Å². The largest absolute Gasteiger partial charge is 0.390 e. The SMILES string of the molecule is CC[C@@H]1C[C@H](C(=C=O)Cn2nc(C#N)cc2C#N)[C@@]2(C)CC[C@H]3[C@@H](CC[C@@H]4C[C@](C)(O)CC[C@@H]43)[C@H]12. The Morgan fingerprint density at radius 2 is 1.91 bits per heavy atom. The number of aromatic nitrogens is 2. The fourth-order valence-electron chi connectivity index (χ4n) is 9.39. The third kappa shape index (κ3) is 3.96. The van der Waals surface area contributed by atoms with Crippen LogP contribution in [0.5, 0.6) is 0 Å². The van der Waals surface area contributed by atoms with Crippen molar-refractivity contribution in [3.8, 4) is 12.1 Å². The van der Waals surface area contributed by atoms with E-state index < -0.39 is 5.60 Å². The van der Waals surface area contributed by atoms with Gasteiger partial charge in [-0.3, -0.25) is 0 Å². The molecule has 0 aromatic carbocycles. The number of nitriles is 2. The van der Waals surface area contributed by atoms with Gasteiger partial charge in [0.05, 0.1) is 12.1 Å². The Labute approximate surface area is 209 Å². The van der Waals surface area contributed by atoms with Gasteiger partial charge in [0.1, 0.15) is 23.8 Å². The fraction of sp³-hybridized carbons (Fsp3) is 0.759. The Bertz CT molecular complexity index is 1120. The Hall–Kier alpha value is -2.40. The average molecular weight is 475 g/mol. The molecule has 4 aliphatic rings. The highest BCUT2D eigenvalue weighted by molar-refractivity contribution is 5.54. The first-order valence-electron chi connectivity index (χ1n) is 13.6. The van der Waals surface area contributed by atoms with Crippen molar-refractivity contribution in [2.24, 2.45) is 46.8 Å². The number of rotatable bonds is 4. The number of aliphatic hydroxyl groups is 1. The summed E-state index contributed by atoms with van der Waals surface area (Å²) in [5, 5.41) is 33.7. The summed E-state index contributed by atoms with van der Waals surface area (Å²) < 4.78 is 1.52. The van der Waals surface area contributed by atoms with Gasteiger partial charge in [0.15, 0.2) is 5.69 Å². The van der Waals surface area contributed by atoms with Crippen molar-refractivity contribution in [1.29, 1.82) is 10.5 Å². The normalized spacial score (nSPS) is 42.1. The maximum atomic E-state index is 12.3. The molecule has 1 aromatic heterocycles. The van der Waals surface area contributed by atoms with Gasteiger partial charge in [0.25, 0.3) is 0 Å². The summed E-state index contributed by atoms with van der Waals surface area (Å²) in [4.78, 5) is 12.3. The number of carbonyl (C=O) groups excluding carboxylic acids is 1. The van der Waals surface area contributed by atoms with Crippen LogP contribution >= 0.6 is 0 Å². The lowest BCUT2D eigenvalue weighted by Gasteiger charge is -2.57. The van der Waals surface area contributed by atoms with E-state index in [2.05, 4.69) is 31.0 Å². The predicted molar refractivity (Wildman–Crippen MR) is 131 cm³/mol. The number of fused-ring (bicyclic) bond motifs is 5. The van der Waals surface area contributed by atoms with E-state index >= 15 is 0 Å². The fourth-order valence-corrected chi connectivity index (χ4v) is 9.39. The van der Waals surface area contributed by atoms with Crippen molar-refractivity contribution in [2.45, 2.75) is 90.7 Å². The van der Waals surface area contributed by atoms with Crippen LogP contribution in [0.25, 0.3) is 0 Å². The lowest BCUT2D eigenvalue weighted by atomic mass is 9.48. The minimum absolute atomic E-state index is 0.0552. The maximum Gasteiger partial charge on any atom is 0.163 e. The van der Waals surface area contributed by atoms with Crippen molar-refractivity contribution >= 4 is 5.94 Å². The molecular formula is C29H38N4O2. The van der Waals surface area contributed by atoms with E-state index in [1.807, 2.05) is 13.0 Å². The van der Waals surface area contributed by atoms with Gasteiger partial charge in [-0.05, 0) is 105 Å². The molecule has 6 heteroatoms. The Kier molecular flexibility index (Phi) is 6.19. The number of hydrogen-bond donors (Lipinski definition) is 1. The van der Waals surface area contributed by atoms with E-state index in [-0.39, 0.29) is 23.6 Å². The number of nitrogens with zero attached hydrogens (tertiary/aromatic N) is 4. The van der Waals surface area contributed by atoms with Crippen LogP contribution < -0.4 is 0 Å². The van der Waals surface area contributed by atoms with Crippen molar-refractivity contribution in [2.75, 3.05) is 0 Å². The zero-order valence-corrected chi connectivity index (χ0v) is 21.3. The second-order valence-corrected chi connectivity index (χ2v) is 12.5. The molecule has 5 rings (SSSR count). The van der Waals surface area contributed by atoms with Crippen LogP contribution in [0.4, 0.5) is 0 Å². The monoisotopic (exact) mass is 474 g/mol. The summed E-state index contributed by atoms with van der Waals surface area (Å²) >= 11 is 0. The topological polar surface area (TPSA) is 103 Å². The molecule has 1 aromatic rings. The summed E-state index contributed by atoms with van der Waals surface area (Å²) in [5.74, 6) is 6.46. The molecule has 0 saturated heterocycles. The quantitative estimate of drug-likeness (QED) is 0.616. The van der Waals surface area contributed by atoms with E-state index in [1.165, 1.54) is 30.0 Å². The minimum atomic E-state index is -0.495. The number of hydrogen-bond acceptors (Lipinski definition) is 5. The first-order chi connectivity index (χ1) is 16.7. The standard InChI is InChI=1S/C29H38N4O2/c1-4-18-11-26(20(17-34)16-33-22(15-31)12-21(14-30)32-33)29(3)10-8-24-23-7-9-28(2,35)13-19(23)5-6-25(24)27(18)29/h12,18-19,23-27,35H,4-11,13,16H2,1-3H3/t18-,19-,23+,24-,25-,26-,27+,28-,29-/m1/s1. The molecule has 9 atom stereocenters. The Balaban J connectivity index is 1.42. The van der Waals surface area contributed by atoms with Crippen molar-refractivity contribution in [3.05, 3.63) is 23.0 Å². The van der Waals surface area contributed by atoms with Gasteiger partial charge in [-0.2, -0.15) is 15.6 Å². The van der Waals surface area contributed by atoms with Gasteiger partial charge in [0.2, 0.25) is 0 Å².